The van der Waals surface area contributed by atoms with E-state index in [1.165, 1.54) is 10.8 Å². The summed E-state index contributed by atoms with van der Waals surface area (Å²) < 4.78 is 5.44. The van der Waals surface area contributed by atoms with E-state index >= 15 is 0 Å². The molecule has 2 aromatic carbocycles. The van der Waals surface area contributed by atoms with Gasteiger partial charge in [-0.05, 0) is 30.7 Å². The van der Waals surface area contributed by atoms with Crippen molar-refractivity contribution in [3.8, 4) is 0 Å². The molecule has 0 fully saturated rings. The highest BCUT2D eigenvalue weighted by atomic mass is 16.5. The number of nitrogens with zero attached hydrogens (tertiary/aromatic N) is 1. The van der Waals surface area contributed by atoms with Crippen LogP contribution in [0.3, 0.4) is 0 Å². The molecule has 3 rings (SSSR count). The van der Waals surface area contributed by atoms with Crippen LogP contribution in [0.25, 0.3) is 27.8 Å². The van der Waals surface area contributed by atoms with Gasteiger partial charge in [-0.15, -0.1) is 0 Å². The van der Waals surface area contributed by atoms with E-state index in [1.54, 1.807) is 0 Å². The molecule has 0 N–H and O–H groups in total. The molecule has 0 aliphatic heterocycles. The van der Waals surface area contributed by atoms with E-state index in [1.807, 2.05) is 26.0 Å². The highest BCUT2D eigenvalue weighted by Gasteiger charge is 2.11. The Balaban J connectivity index is 2.57. The molecule has 0 aliphatic rings. The SMILES string of the molecule is C/C=C/c1c2ccccc2cc2c(C)noc12. The average molecular weight is 223 g/mol. The number of aromatic nitrogens is 1. The quantitative estimate of drug-likeness (QED) is 0.614. The van der Waals surface area contributed by atoms with Crippen LogP contribution in [0.5, 0.6) is 0 Å². The fourth-order valence-electron chi connectivity index (χ4n) is 2.22. The molecule has 0 atom stereocenters. The Morgan fingerprint density at radius 3 is 2.82 bits per heavy atom. The third kappa shape index (κ3) is 1.45. The van der Waals surface area contributed by atoms with Crippen molar-refractivity contribution in [1.29, 1.82) is 0 Å². The van der Waals surface area contributed by atoms with Gasteiger partial charge in [-0.25, -0.2) is 0 Å². The largest absolute Gasteiger partial charge is 0.355 e. The first-order chi connectivity index (χ1) is 8.31. The summed E-state index contributed by atoms with van der Waals surface area (Å²) in [6.45, 7) is 3.98. The molecule has 0 spiro atoms. The Labute approximate surface area is 99.5 Å². The Bertz CT molecular complexity index is 722. The minimum atomic E-state index is 0.874. The number of hydrogen-bond donors (Lipinski definition) is 0. The van der Waals surface area contributed by atoms with Crippen LogP contribution in [0.1, 0.15) is 18.2 Å². The minimum Gasteiger partial charge on any atom is -0.355 e. The van der Waals surface area contributed by atoms with E-state index < -0.39 is 0 Å². The van der Waals surface area contributed by atoms with E-state index in [4.69, 9.17) is 4.52 Å². The third-order valence-corrected chi connectivity index (χ3v) is 3.04. The molecular formula is C15H13NO. The van der Waals surface area contributed by atoms with Crippen molar-refractivity contribution in [3.05, 3.63) is 47.7 Å². The van der Waals surface area contributed by atoms with Crippen molar-refractivity contribution in [2.75, 3.05) is 0 Å². The lowest BCUT2D eigenvalue weighted by Gasteiger charge is -2.02. The maximum Gasteiger partial charge on any atom is 0.174 e. The van der Waals surface area contributed by atoms with Crippen LogP contribution in [0.15, 0.2) is 40.9 Å². The lowest BCUT2D eigenvalue weighted by atomic mass is 10.0. The second-order valence-electron chi connectivity index (χ2n) is 4.16. The van der Waals surface area contributed by atoms with Crippen LogP contribution < -0.4 is 0 Å². The van der Waals surface area contributed by atoms with Gasteiger partial charge >= 0.3 is 0 Å². The Morgan fingerprint density at radius 2 is 2.00 bits per heavy atom. The van der Waals surface area contributed by atoms with E-state index in [-0.39, 0.29) is 0 Å². The van der Waals surface area contributed by atoms with E-state index in [9.17, 15) is 0 Å². The monoisotopic (exact) mass is 223 g/mol. The topological polar surface area (TPSA) is 26.0 Å². The van der Waals surface area contributed by atoms with Gasteiger partial charge in [-0.3, -0.25) is 0 Å². The van der Waals surface area contributed by atoms with Gasteiger partial charge in [-0.2, -0.15) is 0 Å². The van der Waals surface area contributed by atoms with E-state index in [0.29, 0.717) is 0 Å². The summed E-state index contributed by atoms with van der Waals surface area (Å²) in [5.74, 6) is 0. The molecule has 2 nitrogen and oxygen atoms in total. The first-order valence-electron chi connectivity index (χ1n) is 5.71. The molecule has 17 heavy (non-hydrogen) atoms. The summed E-state index contributed by atoms with van der Waals surface area (Å²) in [7, 11) is 0. The fraction of sp³-hybridized carbons (Fsp3) is 0.133. The van der Waals surface area contributed by atoms with E-state index in [2.05, 4.69) is 35.5 Å². The van der Waals surface area contributed by atoms with Gasteiger partial charge in [0.1, 0.15) is 0 Å². The molecule has 1 aromatic heterocycles. The molecule has 0 amide bonds. The van der Waals surface area contributed by atoms with Crippen LogP contribution in [-0.2, 0) is 0 Å². The lowest BCUT2D eigenvalue weighted by molar-refractivity contribution is 0.450. The predicted octanol–water partition coefficient (Wildman–Crippen LogP) is 4.32. The zero-order valence-electron chi connectivity index (χ0n) is 9.90. The average Bonchev–Trinajstić information content (AvgIpc) is 2.71. The number of aryl methyl sites for hydroxylation is 1. The fourth-order valence-corrected chi connectivity index (χ4v) is 2.22. The molecule has 0 unspecified atom stereocenters. The molecule has 3 aromatic rings. The molecule has 0 saturated carbocycles. The maximum absolute atomic E-state index is 5.44. The van der Waals surface area contributed by atoms with Gasteiger partial charge in [0, 0.05) is 10.9 Å². The van der Waals surface area contributed by atoms with Crippen molar-refractivity contribution in [1.82, 2.24) is 5.16 Å². The molecule has 0 bridgehead atoms. The molecular weight excluding hydrogens is 210 g/mol. The van der Waals surface area contributed by atoms with Gasteiger partial charge < -0.3 is 4.52 Å². The van der Waals surface area contributed by atoms with Crippen molar-refractivity contribution in [3.63, 3.8) is 0 Å². The molecule has 2 heteroatoms. The summed E-state index contributed by atoms with van der Waals surface area (Å²) in [6.07, 6.45) is 4.11. The van der Waals surface area contributed by atoms with Gasteiger partial charge in [0.25, 0.3) is 0 Å². The van der Waals surface area contributed by atoms with Crippen LogP contribution in [0.2, 0.25) is 0 Å². The van der Waals surface area contributed by atoms with Crippen LogP contribution >= 0.6 is 0 Å². The van der Waals surface area contributed by atoms with Gasteiger partial charge in [0.15, 0.2) is 5.58 Å². The summed E-state index contributed by atoms with van der Waals surface area (Å²) in [5, 5.41) is 7.57. The van der Waals surface area contributed by atoms with Gasteiger partial charge in [-0.1, -0.05) is 41.6 Å². The van der Waals surface area contributed by atoms with Crippen LogP contribution in [0, 0.1) is 6.92 Å². The summed E-state index contributed by atoms with van der Waals surface area (Å²) >= 11 is 0. The third-order valence-electron chi connectivity index (χ3n) is 3.04. The lowest BCUT2D eigenvalue weighted by Crippen LogP contribution is -1.81. The maximum atomic E-state index is 5.44. The number of hydrogen-bond acceptors (Lipinski definition) is 2. The van der Waals surface area contributed by atoms with Crippen LogP contribution in [-0.4, -0.2) is 5.16 Å². The van der Waals surface area contributed by atoms with Gasteiger partial charge in [0.05, 0.1) is 5.69 Å². The zero-order valence-corrected chi connectivity index (χ0v) is 9.90. The van der Waals surface area contributed by atoms with Crippen LogP contribution in [0.4, 0.5) is 0 Å². The molecule has 84 valence electrons. The summed E-state index contributed by atoms with van der Waals surface area (Å²) in [4.78, 5) is 0. The highest BCUT2D eigenvalue weighted by molar-refractivity contribution is 6.04. The standard InChI is InChI=1S/C15H13NO/c1-3-6-13-12-8-5-4-7-11(12)9-14-10(2)16-17-15(13)14/h3-9H,1-2H3/b6-3+. The number of fused-ring (bicyclic) bond motifs is 2. The zero-order chi connectivity index (χ0) is 11.8. The second kappa shape index (κ2) is 3.74. The molecule has 0 saturated heterocycles. The second-order valence-corrected chi connectivity index (χ2v) is 4.16. The number of benzene rings is 2. The number of rotatable bonds is 1. The predicted molar refractivity (Wildman–Crippen MR) is 71.0 cm³/mol. The van der Waals surface area contributed by atoms with Crippen molar-refractivity contribution in [2.24, 2.45) is 0 Å². The molecule has 1 heterocycles. The highest BCUT2D eigenvalue weighted by Crippen LogP contribution is 2.31. The Kier molecular flexibility index (Phi) is 2.22. The minimum absolute atomic E-state index is 0.874. The summed E-state index contributed by atoms with van der Waals surface area (Å²) in [5.41, 5.74) is 2.93. The molecule has 0 radical (unpaired) electrons. The first-order valence-corrected chi connectivity index (χ1v) is 5.71. The molecule has 0 aliphatic carbocycles. The summed E-state index contributed by atoms with van der Waals surface area (Å²) in [6, 6.07) is 10.5. The first kappa shape index (κ1) is 10.1. The van der Waals surface area contributed by atoms with Gasteiger partial charge in [0.2, 0.25) is 0 Å². The smallest absolute Gasteiger partial charge is 0.174 e. The van der Waals surface area contributed by atoms with Crippen molar-refractivity contribution in [2.45, 2.75) is 13.8 Å². The van der Waals surface area contributed by atoms with Crippen molar-refractivity contribution >= 4 is 27.8 Å². The van der Waals surface area contributed by atoms with Crippen molar-refractivity contribution < 1.29 is 4.52 Å². The normalized spacial score (nSPS) is 11.9. The Morgan fingerprint density at radius 1 is 1.18 bits per heavy atom. The number of allylic oxidation sites excluding steroid dienone is 1. The van der Waals surface area contributed by atoms with E-state index in [0.717, 1.165) is 22.2 Å². The Hall–Kier alpha value is -2.09.